The minimum atomic E-state index is -4.08. The van der Waals surface area contributed by atoms with Crippen LogP contribution in [0.2, 0.25) is 0 Å². The van der Waals surface area contributed by atoms with Crippen LogP contribution >= 0.6 is 0 Å². The molecule has 0 radical (unpaired) electrons. The lowest BCUT2D eigenvalue weighted by atomic mass is 10.3. The van der Waals surface area contributed by atoms with Crippen LogP contribution in [0.3, 0.4) is 0 Å². The number of amidine groups is 1. The first-order valence-corrected chi connectivity index (χ1v) is 7.33. The highest BCUT2D eigenvalue weighted by Gasteiger charge is 2.30. The summed E-state index contributed by atoms with van der Waals surface area (Å²) in [6.07, 6.45) is 1.24. The largest absolute Gasteiger partial charge is 0.409 e. The van der Waals surface area contributed by atoms with Crippen LogP contribution in [0.5, 0.6) is 0 Å². The third kappa shape index (κ3) is 3.64. The number of hydrogen-bond acceptors (Lipinski definition) is 5. The number of nitrogens with two attached hydrogens (primary N) is 1. The van der Waals surface area contributed by atoms with Gasteiger partial charge >= 0.3 is 0 Å². The molecule has 1 heterocycles. The number of oxime groups is 1. The van der Waals surface area contributed by atoms with Gasteiger partial charge in [0.15, 0.2) is 5.82 Å². The number of pyridine rings is 1. The summed E-state index contributed by atoms with van der Waals surface area (Å²) in [6.45, 7) is 3.25. The van der Waals surface area contributed by atoms with Crippen LogP contribution in [0.15, 0.2) is 28.5 Å². The summed E-state index contributed by atoms with van der Waals surface area (Å²) in [6, 6.07) is 1.92. The molecule has 0 fully saturated rings. The fourth-order valence-corrected chi connectivity index (χ4v) is 3.22. The van der Waals surface area contributed by atoms with Gasteiger partial charge < -0.3 is 10.9 Å². The van der Waals surface area contributed by atoms with Gasteiger partial charge in [-0.3, -0.25) is 0 Å². The second kappa shape index (κ2) is 6.62. The highest BCUT2D eigenvalue weighted by Crippen LogP contribution is 2.19. The summed E-state index contributed by atoms with van der Waals surface area (Å²) in [5.74, 6) is -1.02. The van der Waals surface area contributed by atoms with Crippen molar-refractivity contribution in [3.63, 3.8) is 0 Å². The molecule has 1 aromatic rings. The van der Waals surface area contributed by atoms with Crippen LogP contribution in [0.1, 0.15) is 20.3 Å². The molecule has 0 aromatic carbocycles. The van der Waals surface area contributed by atoms with E-state index in [0.29, 0.717) is 0 Å². The molecule has 112 valence electrons. The normalized spacial score (nSPS) is 13.2. The average Bonchev–Trinajstić information content (AvgIpc) is 2.38. The van der Waals surface area contributed by atoms with Gasteiger partial charge in [0.1, 0.15) is 5.84 Å². The van der Waals surface area contributed by atoms with Crippen molar-refractivity contribution in [2.24, 2.45) is 10.9 Å². The maximum absolute atomic E-state index is 13.6. The smallest absolute Gasteiger partial charge is 0.263 e. The molecule has 0 atom stereocenters. The fraction of sp³-hybridized carbons (Fsp3) is 0.455. The quantitative estimate of drug-likeness (QED) is 0.349. The number of hydrogen-bond donors (Lipinski definition) is 2. The third-order valence-corrected chi connectivity index (χ3v) is 4.58. The molecule has 0 saturated carbocycles. The molecule has 1 aromatic heterocycles. The Morgan fingerprint density at radius 1 is 1.60 bits per heavy atom. The lowest BCUT2D eigenvalue weighted by Gasteiger charge is -2.25. The Labute approximate surface area is 117 Å². The lowest BCUT2D eigenvalue weighted by molar-refractivity contribution is 0.313. The molecule has 7 nitrogen and oxygen atoms in total. The summed E-state index contributed by atoms with van der Waals surface area (Å²) in [7, 11) is -4.08. The van der Waals surface area contributed by atoms with Gasteiger partial charge in [-0.05, 0) is 26.0 Å². The van der Waals surface area contributed by atoms with Crippen LogP contribution in [0.25, 0.3) is 0 Å². The zero-order valence-corrected chi connectivity index (χ0v) is 12.0. The van der Waals surface area contributed by atoms with Crippen LogP contribution in [0.4, 0.5) is 4.39 Å². The van der Waals surface area contributed by atoms with E-state index in [1.165, 1.54) is 12.3 Å². The first-order valence-electron chi connectivity index (χ1n) is 5.89. The van der Waals surface area contributed by atoms with Crippen molar-refractivity contribution >= 4 is 15.9 Å². The number of halogens is 1. The molecule has 9 heteroatoms. The zero-order valence-electron chi connectivity index (χ0n) is 11.2. The maximum atomic E-state index is 13.6. The molecule has 20 heavy (non-hydrogen) atoms. The van der Waals surface area contributed by atoms with E-state index in [4.69, 9.17) is 10.9 Å². The molecular weight excluding hydrogens is 287 g/mol. The van der Waals surface area contributed by atoms with Gasteiger partial charge in [-0.25, -0.2) is 17.8 Å². The van der Waals surface area contributed by atoms with Gasteiger partial charge in [-0.2, -0.15) is 4.31 Å². The van der Waals surface area contributed by atoms with E-state index >= 15 is 0 Å². The zero-order chi connectivity index (χ0) is 15.3. The lowest BCUT2D eigenvalue weighted by Crippen LogP contribution is -2.39. The van der Waals surface area contributed by atoms with Crippen molar-refractivity contribution in [3.05, 3.63) is 24.1 Å². The van der Waals surface area contributed by atoms with E-state index in [0.717, 1.165) is 10.4 Å². The van der Waals surface area contributed by atoms with E-state index in [1.807, 2.05) is 0 Å². The van der Waals surface area contributed by atoms with Crippen molar-refractivity contribution < 1.29 is 18.0 Å². The maximum Gasteiger partial charge on any atom is 0.263 e. The average molecular weight is 304 g/mol. The van der Waals surface area contributed by atoms with E-state index in [1.54, 1.807) is 13.8 Å². The molecule has 0 unspecified atom stereocenters. The Balaban J connectivity index is 3.11. The third-order valence-electron chi connectivity index (χ3n) is 2.57. The monoisotopic (exact) mass is 304 g/mol. The number of rotatable bonds is 6. The highest BCUT2D eigenvalue weighted by atomic mass is 32.2. The molecule has 0 spiro atoms. The van der Waals surface area contributed by atoms with Crippen LogP contribution < -0.4 is 5.73 Å². The van der Waals surface area contributed by atoms with E-state index in [-0.39, 0.29) is 18.8 Å². The molecule has 3 N–H and O–H groups in total. The summed E-state index contributed by atoms with van der Waals surface area (Å²) in [4.78, 5) is 3.59. The van der Waals surface area contributed by atoms with Gasteiger partial charge in [0.25, 0.3) is 10.0 Å². The Kier molecular flexibility index (Phi) is 5.40. The Hall–Kier alpha value is -1.74. The van der Waals surface area contributed by atoms with Gasteiger partial charge in [0.05, 0.1) is 0 Å². The van der Waals surface area contributed by atoms with Gasteiger partial charge in [-0.1, -0.05) is 5.16 Å². The standard InChI is InChI=1S/C11H17FN4O3S/c1-8(2)16(7-5-10(13)15-17)20(18,19)11-9(12)4-3-6-14-11/h3-4,6,8,17H,5,7H2,1-2H3,(H2,13,15). The summed E-state index contributed by atoms with van der Waals surface area (Å²) < 4.78 is 39.4. The summed E-state index contributed by atoms with van der Waals surface area (Å²) in [5, 5.41) is 10.6. The van der Waals surface area contributed by atoms with Crippen molar-refractivity contribution in [1.29, 1.82) is 0 Å². The molecule has 0 aliphatic rings. The minimum absolute atomic E-state index is 0.0301. The molecule has 0 aliphatic heterocycles. The predicted octanol–water partition coefficient (Wildman–Crippen LogP) is 0.756. The minimum Gasteiger partial charge on any atom is -0.409 e. The van der Waals surface area contributed by atoms with Crippen LogP contribution in [-0.4, -0.2) is 41.3 Å². The van der Waals surface area contributed by atoms with Crippen LogP contribution in [0, 0.1) is 5.82 Å². The van der Waals surface area contributed by atoms with Crippen molar-refractivity contribution in [3.8, 4) is 0 Å². The first-order chi connectivity index (χ1) is 9.30. The van der Waals surface area contributed by atoms with E-state index in [9.17, 15) is 12.8 Å². The predicted molar refractivity (Wildman–Crippen MR) is 71.2 cm³/mol. The fourth-order valence-electron chi connectivity index (χ4n) is 1.60. The molecule has 0 bridgehead atoms. The topological polar surface area (TPSA) is 109 Å². The van der Waals surface area contributed by atoms with Crippen molar-refractivity contribution in [2.75, 3.05) is 6.54 Å². The number of aromatic nitrogens is 1. The molecule has 0 saturated heterocycles. The highest BCUT2D eigenvalue weighted by molar-refractivity contribution is 7.89. The van der Waals surface area contributed by atoms with Crippen molar-refractivity contribution in [1.82, 2.24) is 9.29 Å². The molecule has 1 rings (SSSR count). The van der Waals surface area contributed by atoms with Gasteiger partial charge in [-0.15, -0.1) is 0 Å². The number of sulfonamides is 1. The Morgan fingerprint density at radius 2 is 2.25 bits per heavy atom. The Morgan fingerprint density at radius 3 is 2.75 bits per heavy atom. The van der Waals surface area contributed by atoms with Gasteiger partial charge in [0.2, 0.25) is 5.03 Å². The molecule has 0 amide bonds. The second-order valence-electron chi connectivity index (χ2n) is 4.34. The SMILES string of the molecule is CC(C)N(CC/C(N)=N/O)S(=O)(=O)c1ncccc1F. The van der Waals surface area contributed by atoms with E-state index in [2.05, 4.69) is 10.1 Å². The Bertz CT molecular complexity index is 589. The van der Waals surface area contributed by atoms with Crippen molar-refractivity contribution in [2.45, 2.75) is 31.3 Å². The molecule has 0 aliphatic carbocycles. The van der Waals surface area contributed by atoms with Crippen LogP contribution in [-0.2, 0) is 10.0 Å². The van der Waals surface area contributed by atoms with E-state index < -0.39 is 26.9 Å². The second-order valence-corrected chi connectivity index (χ2v) is 6.15. The van der Waals surface area contributed by atoms with Gasteiger partial charge in [0, 0.05) is 25.2 Å². The molecular formula is C11H17FN4O3S. The number of nitrogens with zero attached hydrogens (tertiary/aromatic N) is 3. The summed E-state index contributed by atoms with van der Waals surface area (Å²) >= 11 is 0. The summed E-state index contributed by atoms with van der Waals surface area (Å²) in [5.41, 5.74) is 5.32. The first kappa shape index (κ1) is 16.3.